The quantitative estimate of drug-likeness (QED) is 0.751. The number of benzene rings is 1. The number of rotatable bonds is 0. The molecule has 0 bridgehead atoms. The van der Waals surface area contributed by atoms with E-state index < -0.39 is 14.6 Å². The highest BCUT2D eigenvalue weighted by molar-refractivity contribution is 7.93. The summed E-state index contributed by atoms with van der Waals surface area (Å²) in [6.07, 6.45) is 2.63. The number of para-hydroxylation sites is 1. The van der Waals surface area contributed by atoms with Crippen molar-refractivity contribution < 1.29 is 8.42 Å². The van der Waals surface area contributed by atoms with E-state index in [1.807, 2.05) is 19.1 Å². The first kappa shape index (κ1) is 10.1. The molecule has 1 fully saturated rings. The molecule has 1 saturated carbocycles. The molecule has 1 N–H and O–H groups in total. The molecule has 16 heavy (non-hydrogen) atoms. The van der Waals surface area contributed by atoms with Crippen LogP contribution in [0.3, 0.4) is 0 Å². The summed E-state index contributed by atoms with van der Waals surface area (Å²) in [5.74, 6) is 0. The molecular formula is C12H15NO2S. The molecule has 1 spiro atoms. The Labute approximate surface area is 95.8 Å². The molecule has 3 rings (SSSR count). The van der Waals surface area contributed by atoms with Gasteiger partial charge in [0.15, 0.2) is 9.84 Å². The van der Waals surface area contributed by atoms with Gasteiger partial charge < -0.3 is 5.32 Å². The molecule has 1 aliphatic heterocycles. The van der Waals surface area contributed by atoms with E-state index in [1.54, 1.807) is 6.07 Å². The topological polar surface area (TPSA) is 46.2 Å². The number of hydrogen-bond donors (Lipinski definition) is 1. The second-order valence-electron chi connectivity index (χ2n) is 4.84. The van der Waals surface area contributed by atoms with Crippen LogP contribution in [-0.4, -0.2) is 19.7 Å². The molecule has 2 aliphatic rings. The van der Waals surface area contributed by atoms with Gasteiger partial charge in [0.05, 0.1) is 15.3 Å². The highest BCUT2D eigenvalue weighted by Gasteiger charge is 2.52. The van der Waals surface area contributed by atoms with Crippen molar-refractivity contribution >= 4 is 15.5 Å². The second-order valence-corrected chi connectivity index (χ2v) is 7.15. The monoisotopic (exact) mass is 237 g/mol. The standard InChI is InChI=1S/C12H15NO2S/c1-9-4-2-5-10-11(9)13-8-12(6-3-7-12)16(10,14)15/h2,4-5,13H,3,6-8H2,1H3. The largest absolute Gasteiger partial charge is 0.382 e. The predicted molar refractivity (Wildman–Crippen MR) is 63.4 cm³/mol. The van der Waals surface area contributed by atoms with E-state index in [0.29, 0.717) is 11.4 Å². The SMILES string of the molecule is Cc1cccc2c1NCC1(CCC1)S2(=O)=O. The van der Waals surface area contributed by atoms with Crippen molar-refractivity contribution in [1.29, 1.82) is 0 Å². The zero-order valence-corrected chi connectivity index (χ0v) is 10.1. The Bertz CT molecular complexity index is 544. The van der Waals surface area contributed by atoms with E-state index >= 15 is 0 Å². The summed E-state index contributed by atoms with van der Waals surface area (Å²) < 4.78 is 24.5. The Morgan fingerprint density at radius 1 is 1.31 bits per heavy atom. The number of anilines is 1. The van der Waals surface area contributed by atoms with Gasteiger partial charge in [-0.1, -0.05) is 18.6 Å². The van der Waals surface area contributed by atoms with E-state index in [4.69, 9.17) is 0 Å². The summed E-state index contributed by atoms with van der Waals surface area (Å²) in [4.78, 5) is 0.499. The van der Waals surface area contributed by atoms with Crippen LogP contribution >= 0.6 is 0 Å². The van der Waals surface area contributed by atoms with Gasteiger partial charge in [0.25, 0.3) is 0 Å². The molecule has 1 heterocycles. The van der Waals surface area contributed by atoms with Crippen molar-refractivity contribution in [2.24, 2.45) is 0 Å². The first-order chi connectivity index (χ1) is 7.57. The lowest BCUT2D eigenvalue weighted by Gasteiger charge is -2.44. The predicted octanol–water partition coefficient (Wildman–Crippen LogP) is 2.12. The van der Waals surface area contributed by atoms with Crippen molar-refractivity contribution in [3.05, 3.63) is 23.8 Å². The summed E-state index contributed by atoms with van der Waals surface area (Å²) in [7, 11) is -3.13. The van der Waals surface area contributed by atoms with Gasteiger partial charge in [0.1, 0.15) is 0 Å². The molecule has 3 nitrogen and oxygen atoms in total. The van der Waals surface area contributed by atoms with Crippen LogP contribution in [0.4, 0.5) is 5.69 Å². The smallest absolute Gasteiger partial charge is 0.187 e. The minimum Gasteiger partial charge on any atom is -0.382 e. The Hall–Kier alpha value is -1.03. The van der Waals surface area contributed by atoms with Gasteiger partial charge in [-0.15, -0.1) is 0 Å². The minimum absolute atomic E-state index is 0.499. The number of nitrogens with one attached hydrogen (secondary N) is 1. The van der Waals surface area contributed by atoms with Crippen LogP contribution in [-0.2, 0) is 9.84 Å². The normalized spacial score (nSPS) is 24.3. The van der Waals surface area contributed by atoms with Crippen molar-refractivity contribution in [3.8, 4) is 0 Å². The van der Waals surface area contributed by atoms with Gasteiger partial charge >= 0.3 is 0 Å². The maximum atomic E-state index is 12.5. The molecule has 1 aromatic rings. The van der Waals surface area contributed by atoms with Gasteiger partial charge in [-0.2, -0.15) is 0 Å². The van der Waals surface area contributed by atoms with E-state index in [9.17, 15) is 8.42 Å². The fraction of sp³-hybridized carbons (Fsp3) is 0.500. The van der Waals surface area contributed by atoms with Crippen molar-refractivity contribution in [2.45, 2.75) is 35.8 Å². The number of aryl methyl sites for hydroxylation is 1. The minimum atomic E-state index is -3.13. The third kappa shape index (κ3) is 1.05. The molecule has 86 valence electrons. The zero-order chi connectivity index (χ0) is 11.4. The third-order valence-electron chi connectivity index (χ3n) is 3.95. The van der Waals surface area contributed by atoms with Gasteiger partial charge in [0.2, 0.25) is 0 Å². The van der Waals surface area contributed by atoms with Crippen LogP contribution in [0.25, 0.3) is 0 Å². The fourth-order valence-electron chi connectivity index (χ4n) is 2.69. The third-order valence-corrected chi connectivity index (χ3v) is 6.56. The van der Waals surface area contributed by atoms with E-state index in [-0.39, 0.29) is 0 Å². The van der Waals surface area contributed by atoms with Crippen LogP contribution in [0, 0.1) is 6.92 Å². The molecule has 4 heteroatoms. The number of fused-ring (bicyclic) bond motifs is 1. The molecule has 1 aromatic carbocycles. The molecule has 0 atom stereocenters. The van der Waals surface area contributed by atoms with Crippen LogP contribution in [0.2, 0.25) is 0 Å². The lowest BCUT2D eigenvalue weighted by Crippen LogP contribution is -2.53. The highest BCUT2D eigenvalue weighted by Crippen LogP contribution is 2.47. The maximum Gasteiger partial charge on any atom is 0.187 e. The molecule has 0 radical (unpaired) electrons. The summed E-state index contributed by atoms with van der Waals surface area (Å²) in [6.45, 7) is 2.52. The van der Waals surface area contributed by atoms with Crippen molar-refractivity contribution in [1.82, 2.24) is 0 Å². The van der Waals surface area contributed by atoms with E-state index in [1.165, 1.54) is 0 Å². The van der Waals surface area contributed by atoms with Crippen LogP contribution in [0.15, 0.2) is 23.1 Å². The average Bonchev–Trinajstić information content (AvgIpc) is 2.16. The Morgan fingerprint density at radius 2 is 2.06 bits per heavy atom. The van der Waals surface area contributed by atoms with Crippen LogP contribution in [0.1, 0.15) is 24.8 Å². The molecule has 0 unspecified atom stereocenters. The fourth-order valence-corrected chi connectivity index (χ4v) is 5.00. The van der Waals surface area contributed by atoms with Gasteiger partial charge in [-0.05, 0) is 31.4 Å². The lowest BCUT2D eigenvalue weighted by atomic mass is 9.84. The Morgan fingerprint density at radius 3 is 2.69 bits per heavy atom. The molecule has 0 amide bonds. The summed E-state index contributed by atoms with van der Waals surface area (Å²) >= 11 is 0. The number of hydrogen-bond acceptors (Lipinski definition) is 3. The van der Waals surface area contributed by atoms with E-state index in [2.05, 4.69) is 5.32 Å². The first-order valence-corrected chi connectivity index (χ1v) is 7.13. The summed E-state index contributed by atoms with van der Waals surface area (Å²) in [6, 6.07) is 5.50. The van der Waals surface area contributed by atoms with Crippen LogP contribution in [0.5, 0.6) is 0 Å². The summed E-state index contributed by atoms with van der Waals surface area (Å²) in [5.41, 5.74) is 1.82. The number of sulfone groups is 1. The molecule has 1 aliphatic carbocycles. The second kappa shape index (κ2) is 3.00. The Balaban J connectivity index is 2.24. The van der Waals surface area contributed by atoms with E-state index in [0.717, 1.165) is 30.5 Å². The Kier molecular flexibility index (Phi) is 1.90. The molecule has 0 aromatic heterocycles. The molecule has 0 saturated heterocycles. The van der Waals surface area contributed by atoms with Gasteiger partial charge in [0, 0.05) is 6.54 Å². The first-order valence-electron chi connectivity index (χ1n) is 5.65. The van der Waals surface area contributed by atoms with Gasteiger partial charge in [-0.3, -0.25) is 0 Å². The van der Waals surface area contributed by atoms with Gasteiger partial charge in [-0.25, -0.2) is 8.42 Å². The van der Waals surface area contributed by atoms with Crippen molar-refractivity contribution in [3.63, 3.8) is 0 Å². The lowest BCUT2D eigenvalue weighted by molar-refractivity contribution is 0.347. The highest BCUT2D eigenvalue weighted by atomic mass is 32.2. The zero-order valence-electron chi connectivity index (χ0n) is 9.29. The summed E-state index contributed by atoms with van der Waals surface area (Å²) in [5, 5.41) is 3.30. The van der Waals surface area contributed by atoms with Crippen molar-refractivity contribution in [2.75, 3.05) is 11.9 Å². The average molecular weight is 237 g/mol. The maximum absolute atomic E-state index is 12.5. The molecular weight excluding hydrogens is 222 g/mol. The van der Waals surface area contributed by atoms with Crippen LogP contribution < -0.4 is 5.32 Å².